The van der Waals surface area contributed by atoms with Crippen LogP contribution in [-0.4, -0.2) is 78.9 Å². The van der Waals surface area contributed by atoms with Crippen molar-refractivity contribution in [3.8, 4) is 17.1 Å². The van der Waals surface area contributed by atoms with E-state index in [4.69, 9.17) is 17.3 Å². The second kappa shape index (κ2) is 13.8. The van der Waals surface area contributed by atoms with Gasteiger partial charge in [0, 0.05) is 38.6 Å². The zero-order valence-electron chi connectivity index (χ0n) is 24.8. The number of rotatable bonds is 10. The summed E-state index contributed by atoms with van der Waals surface area (Å²) in [5, 5.41) is 24.2. The molecule has 0 aliphatic carbocycles. The highest BCUT2D eigenvalue weighted by atomic mass is 35.5. The molecule has 248 valence electrons. The molecule has 47 heavy (non-hydrogen) atoms. The normalized spacial score (nSPS) is 16.2. The van der Waals surface area contributed by atoms with Gasteiger partial charge < -0.3 is 36.7 Å². The highest BCUT2D eigenvalue weighted by Gasteiger charge is 2.39. The lowest BCUT2D eigenvalue weighted by Gasteiger charge is -2.12. The Hall–Kier alpha value is -5.00. The largest absolute Gasteiger partial charge is 0.435 e. The first-order chi connectivity index (χ1) is 22.3. The van der Waals surface area contributed by atoms with Crippen LogP contribution in [0.3, 0.4) is 0 Å². The average Bonchev–Trinajstić information content (AvgIpc) is 3.75. The van der Waals surface area contributed by atoms with Gasteiger partial charge in [0.15, 0.2) is 17.3 Å². The number of alkyl halides is 3. The fourth-order valence-corrected chi connectivity index (χ4v) is 5.16. The van der Waals surface area contributed by atoms with E-state index in [1.54, 1.807) is 0 Å². The van der Waals surface area contributed by atoms with Gasteiger partial charge in [-0.2, -0.15) is 18.3 Å². The summed E-state index contributed by atoms with van der Waals surface area (Å²) in [6.07, 6.45) is -1.01. The van der Waals surface area contributed by atoms with Crippen molar-refractivity contribution in [2.45, 2.75) is 31.2 Å². The number of aromatic nitrogens is 5. The van der Waals surface area contributed by atoms with Crippen molar-refractivity contribution >= 4 is 40.7 Å². The third-order valence-corrected chi connectivity index (χ3v) is 7.60. The van der Waals surface area contributed by atoms with Crippen LogP contribution in [0.25, 0.3) is 17.1 Å². The van der Waals surface area contributed by atoms with E-state index in [1.165, 1.54) is 48.1 Å². The van der Waals surface area contributed by atoms with Gasteiger partial charge in [-0.1, -0.05) is 11.6 Å². The monoisotopic (exact) mass is 674 g/mol. The zero-order chi connectivity index (χ0) is 33.9. The number of nitrogens with two attached hydrogens (primary N) is 1. The Labute approximate surface area is 270 Å². The molecule has 1 saturated heterocycles. The van der Waals surface area contributed by atoms with Gasteiger partial charge in [0.25, 0.3) is 11.8 Å². The minimum absolute atomic E-state index is 0.0252. The lowest BCUT2D eigenvalue weighted by Crippen LogP contribution is -2.41. The Morgan fingerprint density at radius 2 is 1.87 bits per heavy atom. The van der Waals surface area contributed by atoms with Gasteiger partial charge in [0.1, 0.15) is 0 Å². The Kier molecular flexibility index (Phi) is 9.78. The molecule has 14 nitrogen and oxygen atoms in total. The summed E-state index contributed by atoms with van der Waals surface area (Å²) in [7, 11) is 1.39. The molecule has 1 aliphatic heterocycles. The minimum atomic E-state index is -4.82. The second-order valence-corrected chi connectivity index (χ2v) is 11.1. The fourth-order valence-electron chi connectivity index (χ4n) is 4.89. The summed E-state index contributed by atoms with van der Waals surface area (Å²) in [5.74, 6) is -1.52. The van der Waals surface area contributed by atoms with Gasteiger partial charge in [0.05, 0.1) is 52.1 Å². The molecular formula is C29H30ClF3N10O4. The van der Waals surface area contributed by atoms with Crippen molar-refractivity contribution in [2.24, 2.45) is 7.05 Å². The number of hydrogen-bond acceptors (Lipinski definition) is 9. The number of nitrogens with one attached hydrogen (secondary N) is 4. The molecular weight excluding hydrogens is 645 g/mol. The summed E-state index contributed by atoms with van der Waals surface area (Å²) >= 11 is 6.31. The number of carbonyl (C=O) groups excluding carboxylic acids is 3. The Morgan fingerprint density at radius 1 is 1.11 bits per heavy atom. The number of pyridine rings is 1. The SMILES string of the molecule is Cn1c(-c2cn(-c3ccc(N)cn3)nc2C(F)(F)F)cnc1C(=O)Nc1ccc(C(=O)NCCCNC(=O)[C@@H]2C[C@@H](O)CN2)c(Cl)c1. The molecule has 0 bridgehead atoms. The van der Waals surface area contributed by atoms with Gasteiger partial charge in [0.2, 0.25) is 5.91 Å². The number of aliphatic hydroxyl groups excluding tert-OH is 1. The fraction of sp³-hybridized carbons (Fsp3) is 0.310. The van der Waals surface area contributed by atoms with Crippen LogP contribution in [0.2, 0.25) is 5.02 Å². The van der Waals surface area contributed by atoms with Crippen molar-refractivity contribution in [2.75, 3.05) is 30.7 Å². The van der Waals surface area contributed by atoms with Crippen molar-refractivity contribution in [3.05, 3.63) is 71.0 Å². The lowest BCUT2D eigenvalue weighted by atomic mass is 10.2. The van der Waals surface area contributed by atoms with Crippen LogP contribution in [0.15, 0.2) is 48.9 Å². The number of nitrogen functional groups attached to an aromatic ring is 1. The predicted octanol–water partition coefficient (Wildman–Crippen LogP) is 2.13. The Bertz CT molecular complexity index is 1790. The van der Waals surface area contributed by atoms with Gasteiger partial charge in [-0.05, 0) is 43.2 Å². The van der Waals surface area contributed by atoms with Crippen LogP contribution in [0.4, 0.5) is 24.5 Å². The van der Waals surface area contributed by atoms with Gasteiger partial charge in [-0.25, -0.2) is 14.6 Å². The molecule has 1 aliphatic rings. The Morgan fingerprint density at radius 3 is 2.53 bits per heavy atom. The predicted molar refractivity (Wildman–Crippen MR) is 165 cm³/mol. The summed E-state index contributed by atoms with van der Waals surface area (Å²) in [6.45, 7) is 0.938. The molecule has 5 rings (SSSR count). The number of anilines is 2. The number of imidazole rings is 1. The van der Waals surface area contributed by atoms with E-state index in [1.807, 2.05) is 0 Å². The van der Waals surface area contributed by atoms with E-state index in [0.717, 1.165) is 17.1 Å². The number of β-amino-alcohol motifs (C(OH)–C–C–N with tert-alkyl or cyclic N) is 1. The molecule has 1 aromatic carbocycles. The average molecular weight is 675 g/mol. The van der Waals surface area contributed by atoms with Crippen LogP contribution in [-0.2, 0) is 18.0 Å². The summed E-state index contributed by atoms with van der Waals surface area (Å²) < 4.78 is 44.0. The van der Waals surface area contributed by atoms with E-state index in [9.17, 15) is 32.7 Å². The molecule has 0 spiro atoms. The van der Waals surface area contributed by atoms with E-state index in [0.29, 0.717) is 31.6 Å². The smallest absolute Gasteiger partial charge is 0.397 e. The summed E-state index contributed by atoms with van der Waals surface area (Å²) in [5.41, 5.74) is 4.77. The molecule has 4 heterocycles. The standard InChI is InChI=1S/C29H30ClF3N10O4/c1-42-22(19-14-43(41-24(19)29(31,32)33)23-6-3-15(34)11-38-23)13-39-25(42)28(47)40-16-4-5-18(20(30)9-16)26(45)35-7-2-8-36-27(46)21-10-17(44)12-37-21/h3-6,9,11,13-14,17,21,37,44H,2,7-8,10,12,34H2,1H3,(H,35,45)(H,36,46)(H,40,47)/t17-,21+/m1/s1. The van der Waals surface area contributed by atoms with E-state index in [-0.39, 0.29) is 51.6 Å². The van der Waals surface area contributed by atoms with Crippen LogP contribution >= 0.6 is 11.6 Å². The summed E-state index contributed by atoms with van der Waals surface area (Å²) in [4.78, 5) is 45.8. The molecule has 0 unspecified atom stereocenters. The number of hydrogen-bond donors (Lipinski definition) is 6. The quantitative estimate of drug-likeness (QED) is 0.137. The van der Waals surface area contributed by atoms with Crippen molar-refractivity contribution in [1.82, 2.24) is 40.3 Å². The van der Waals surface area contributed by atoms with Gasteiger partial charge >= 0.3 is 6.18 Å². The van der Waals surface area contributed by atoms with Crippen LogP contribution in [0.5, 0.6) is 0 Å². The number of halogens is 4. The molecule has 3 aromatic heterocycles. The molecule has 1 fully saturated rings. The summed E-state index contributed by atoms with van der Waals surface area (Å²) in [6, 6.07) is 6.65. The van der Waals surface area contributed by atoms with Crippen LogP contribution < -0.4 is 27.0 Å². The van der Waals surface area contributed by atoms with Crippen molar-refractivity contribution < 1.29 is 32.7 Å². The number of carbonyl (C=O) groups is 3. The maximum atomic E-state index is 13.9. The van der Waals surface area contributed by atoms with Crippen LogP contribution in [0, 0.1) is 0 Å². The highest BCUT2D eigenvalue weighted by molar-refractivity contribution is 6.34. The first kappa shape index (κ1) is 33.4. The maximum absolute atomic E-state index is 13.9. The molecule has 4 aromatic rings. The second-order valence-electron chi connectivity index (χ2n) is 10.7. The lowest BCUT2D eigenvalue weighted by molar-refractivity contribution is -0.140. The number of amides is 3. The van der Waals surface area contributed by atoms with Crippen molar-refractivity contribution in [1.29, 1.82) is 0 Å². The molecule has 7 N–H and O–H groups in total. The van der Waals surface area contributed by atoms with Crippen molar-refractivity contribution in [3.63, 3.8) is 0 Å². The van der Waals surface area contributed by atoms with Gasteiger partial charge in [-0.15, -0.1) is 0 Å². The molecule has 18 heteroatoms. The highest BCUT2D eigenvalue weighted by Crippen LogP contribution is 2.37. The molecule has 0 radical (unpaired) electrons. The van der Waals surface area contributed by atoms with Gasteiger partial charge in [-0.3, -0.25) is 14.4 Å². The zero-order valence-corrected chi connectivity index (χ0v) is 25.6. The molecule has 3 amide bonds. The number of nitrogens with zero attached hydrogens (tertiary/aromatic N) is 5. The minimum Gasteiger partial charge on any atom is -0.397 e. The third kappa shape index (κ3) is 7.70. The Balaban J connectivity index is 1.21. The first-order valence-corrected chi connectivity index (χ1v) is 14.7. The van der Waals surface area contributed by atoms with E-state index >= 15 is 0 Å². The molecule has 0 saturated carbocycles. The van der Waals surface area contributed by atoms with E-state index in [2.05, 4.69) is 36.3 Å². The number of benzene rings is 1. The topological polar surface area (TPSA) is 194 Å². The van der Waals surface area contributed by atoms with E-state index < -0.39 is 35.8 Å². The van der Waals surface area contributed by atoms with Crippen LogP contribution in [0.1, 0.15) is 39.5 Å². The molecule has 2 atom stereocenters. The first-order valence-electron chi connectivity index (χ1n) is 14.3. The third-order valence-electron chi connectivity index (χ3n) is 7.29. The maximum Gasteiger partial charge on any atom is 0.435 e. The number of aliphatic hydroxyl groups is 1.